The zero-order valence-corrected chi connectivity index (χ0v) is 8.62. The zero-order valence-electron chi connectivity index (χ0n) is 8.62. The molecule has 1 saturated carbocycles. The third-order valence-corrected chi connectivity index (χ3v) is 2.67. The van der Waals surface area contributed by atoms with Crippen molar-refractivity contribution in [1.82, 2.24) is 10.5 Å². The first-order valence-corrected chi connectivity index (χ1v) is 5.02. The normalized spacial score (nSPS) is 17.5. The minimum atomic E-state index is -0.249. The van der Waals surface area contributed by atoms with E-state index in [9.17, 15) is 4.79 Å². The summed E-state index contributed by atoms with van der Waals surface area (Å²) in [7, 11) is 0. The molecule has 5 heteroatoms. The molecule has 1 heterocycles. The Kier molecular flexibility index (Phi) is 2.48. The fourth-order valence-corrected chi connectivity index (χ4v) is 1.58. The summed E-state index contributed by atoms with van der Waals surface area (Å²) in [5, 5.41) is 15.4. The lowest BCUT2D eigenvalue weighted by Gasteiger charge is -2.14. The predicted molar refractivity (Wildman–Crippen MR) is 52.4 cm³/mol. The average molecular weight is 210 g/mol. The van der Waals surface area contributed by atoms with E-state index < -0.39 is 0 Å². The first-order valence-electron chi connectivity index (χ1n) is 5.02. The SMILES string of the molecule is Cc1cc(C(=O)NC2(CCO)CC2)on1. The molecule has 0 atom stereocenters. The highest BCUT2D eigenvalue weighted by Gasteiger charge is 2.43. The van der Waals surface area contributed by atoms with Gasteiger partial charge in [-0.15, -0.1) is 0 Å². The molecule has 15 heavy (non-hydrogen) atoms. The van der Waals surface area contributed by atoms with Crippen molar-refractivity contribution in [1.29, 1.82) is 0 Å². The maximum Gasteiger partial charge on any atom is 0.290 e. The number of rotatable bonds is 4. The first-order chi connectivity index (χ1) is 7.15. The van der Waals surface area contributed by atoms with Gasteiger partial charge < -0.3 is 14.9 Å². The second kappa shape index (κ2) is 3.66. The smallest absolute Gasteiger partial charge is 0.290 e. The molecule has 1 aliphatic carbocycles. The van der Waals surface area contributed by atoms with Crippen molar-refractivity contribution in [2.75, 3.05) is 6.61 Å². The summed E-state index contributed by atoms with van der Waals surface area (Å²) in [5.74, 6) is -0.0155. The molecular formula is C10H14N2O3. The fraction of sp³-hybridized carbons (Fsp3) is 0.600. The van der Waals surface area contributed by atoms with Crippen LogP contribution in [0, 0.1) is 6.92 Å². The van der Waals surface area contributed by atoms with E-state index >= 15 is 0 Å². The van der Waals surface area contributed by atoms with E-state index in [0.29, 0.717) is 12.1 Å². The molecule has 0 aliphatic heterocycles. The Morgan fingerprint density at radius 2 is 2.47 bits per heavy atom. The van der Waals surface area contributed by atoms with Crippen molar-refractivity contribution in [2.24, 2.45) is 0 Å². The van der Waals surface area contributed by atoms with Crippen LogP contribution in [-0.4, -0.2) is 28.3 Å². The number of aliphatic hydroxyl groups is 1. The van der Waals surface area contributed by atoms with Gasteiger partial charge in [0.15, 0.2) is 0 Å². The van der Waals surface area contributed by atoms with Crippen LogP contribution in [0.5, 0.6) is 0 Å². The Morgan fingerprint density at radius 1 is 1.73 bits per heavy atom. The quantitative estimate of drug-likeness (QED) is 0.764. The number of hydrogen-bond donors (Lipinski definition) is 2. The number of aromatic nitrogens is 1. The van der Waals surface area contributed by atoms with E-state index in [-0.39, 0.29) is 23.8 Å². The molecule has 1 fully saturated rings. The lowest BCUT2D eigenvalue weighted by Crippen LogP contribution is -2.37. The second-order valence-electron chi connectivity index (χ2n) is 4.04. The number of aliphatic hydroxyl groups excluding tert-OH is 1. The molecule has 5 nitrogen and oxygen atoms in total. The van der Waals surface area contributed by atoms with E-state index in [1.807, 2.05) is 0 Å². The Labute approximate surface area is 87.5 Å². The minimum Gasteiger partial charge on any atom is -0.396 e. The van der Waals surface area contributed by atoms with Gasteiger partial charge in [0.2, 0.25) is 5.76 Å². The molecule has 0 aromatic carbocycles. The summed E-state index contributed by atoms with van der Waals surface area (Å²) in [6.07, 6.45) is 2.45. The predicted octanol–water partition coefficient (Wildman–Crippen LogP) is 0.628. The molecule has 0 saturated heterocycles. The van der Waals surface area contributed by atoms with Crippen molar-refractivity contribution in [3.8, 4) is 0 Å². The Hall–Kier alpha value is -1.36. The van der Waals surface area contributed by atoms with Crippen molar-refractivity contribution < 1.29 is 14.4 Å². The molecule has 0 unspecified atom stereocenters. The lowest BCUT2D eigenvalue weighted by atomic mass is 10.2. The van der Waals surface area contributed by atoms with Crippen molar-refractivity contribution in [2.45, 2.75) is 31.7 Å². The van der Waals surface area contributed by atoms with Gasteiger partial charge in [0, 0.05) is 18.2 Å². The highest BCUT2D eigenvalue weighted by molar-refractivity contribution is 5.92. The molecule has 82 valence electrons. The Morgan fingerprint density at radius 3 is 2.93 bits per heavy atom. The Bertz CT molecular complexity index is 368. The summed E-state index contributed by atoms with van der Waals surface area (Å²) < 4.78 is 4.85. The van der Waals surface area contributed by atoms with Crippen molar-refractivity contribution in [3.63, 3.8) is 0 Å². The van der Waals surface area contributed by atoms with Gasteiger partial charge in [-0.2, -0.15) is 0 Å². The number of nitrogens with one attached hydrogen (secondary N) is 1. The third kappa shape index (κ3) is 2.18. The van der Waals surface area contributed by atoms with Gasteiger partial charge in [0.25, 0.3) is 5.91 Å². The lowest BCUT2D eigenvalue weighted by molar-refractivity contribution is 0.0886. The molecule has 0 spiro atoms. The van der Waals surface area contributed by atoms with Crippen LogP contribution in [0.15, 0.2) is 10.6 Å². The van der Waals surface area contributed by atoms with E-state index in [2.05, 4.69) is 10.5 Å². The molecule has 2 rings (SSSR count). The van der Waals surface area contributed by atoms with Gasteiger partial charge in [-0.1, -0.05) is 5.16 Å². The van der Waals surface area contributed by atoms with Gasteiger partial charge in [0.05, 0.1) is 5.69 Å². The molecule has 0 bridgehead atoms. The standard InChI is InChI=1S/C10H14N2O3/c1-7-6-8(15-12-7)9(14)11-10(2-3-10)4-5-13/h6,13H,2-5H2,1H3,(H,11,14). The summed E-state index contributed by atoms with van der Waals surface area (Å²) in [6, 6.07) is 1.60. The van der Waals surface area contributed by atoms with E-state index in [1.54, 1.807) is 13.0 Å². The van der Waals surface area contributed by atoms with Gasteiger partial charge >= 0.3 is 0 Å². The topological polar surface area (TPSA) is 75.4 Å². The van der Waals surface area contributed by atoms with Crippen molar-refractivity contribution >= 4 is 5.91 Å². The van der Waals surface area contributed by atoms with Crippen LogP contribution in [0.25, 0.3) is 0 Å². The monoisotopic (exact) mass is 210 g/mol. The van der Waals surface area contributed by atoms with Crippen LogP contribution < -0.4 is 5.32 Å². The third-order valence-electron chi connectivity index (χ3n) is 2.67. The number of carbonyl (C=O) groups excluding carboxylic acids is 1. The fourth-order valence-electron chi connectivity index (χ4n) is 1.58. The van der Waals surface area contributed by atoms with Gasteiger partial charge in [-0.25, -0.2) is 0 Å². The summed E-state index contributed by atoms with van der Waals surface area (Å²) in [6.45, 7) is 1.86. The molecule has 1 aromatic heterocycles. The summed E-state index contributed by atoms with van der Waals surface area (Å²) in [5.41, 5.74) is 0.485. The first kappa shape index (κ1) is 10.2. The van der Waals surface area contributed by atoms with Crippen LogP contribution in [-0.2, 0) is 0 Å². The maximum atomic E-state index is 11.7. The van der Waals surface area contributed by atoms with Crippen LogP contribution in [0.1, 0.15) is 35.5 Å². The molecular weight excluding hydrogens is 196 g/mol. The molecule has 2 N–H and O–H groups in total. The molecule has 0 radical (unpaired) electrons. The zero-order chi connectivity index (χ0) is 10.9. The molecule has 1 aromatic rings. The van der Waals surface area contributed by atoms with E-state index in [0.717, 1.165) is 12.8 Å². The highest BCUT2D eigenvalue weighted by atomic mass is 16.5. The second-order valence-corrected chi connectivity index (χ2v) is 4.04. The van der Waals surface area contributed by atoms with E-state index in [4.69, 9.17) is 9.63 Å². The largest absolute Gasteiger partial charge is 0.396 e. The Balaban J connectivity index is 1.98. The van der Waals surface area contributed by atoms with Crippen LogP contribution in [0.3, 0.4) is 0 Å². The molecule has 1 aliphatic rings. The summed E-state index contributed by atoms with van der Waals surface area (Å²) in [4.78, 5) is 11.7. The summed E-state index contributed by atoms with van der Waals surface area (Å²) >= 11 is 0. The minimum absolute atomic E-state index is 0.0930. The van der Waals surface area contributed by atoms with Gasteiger partial charge in [0.1, 0.15) is 0 Å². The number of carbonyl (C=O) groups is 1. The van der Waals surface area contributed by atoms with Crippen LogP contribution in [0.2, 0.25) is 0 Å². The van der Waals surface area contributed by atoms with Gasteiger partial charge in [-0.05, 0) is 26.2 Å². The van der Waals surface area contributed by atoms with E-state index in [1.165, 1.54) is 0 Å². The van der Waals surface area contributed by atoms with Crippen LogP contribution >= 0.6 is 0 Å². The number of nitrogens with zero attached hydrogens (tertiary/aromatic N) is 1. The van der Waals surface area contributed by atoms with Crippen molar-refractivity contribution in [3.05, 3.63) is 17.5 Å². The molecule has 1 amide bonds. The number of hydrogen-bond acceptors (Lipinski definition) is 4. The average Bonchev–Trinajstić information content (AvgIpc) is 2.77. The maximum absolute atomic E-state index is 11.7. The van der Waals surface area contributed by atoms with Crippen LogP contribution in [0.4, 0.5) is 0 Å². The number of aryl methyl sites for hydroxylation is 1. The van der Waals surface area contributed by atoms with Gasteiger partial charge in [-0.3, -0.25) is 4.79 Å². The highest BCUT2D eigenvalue weighted by Crippen LogP contribution is 2.38. The number of amides is 1.